The first kappa shape index (κ1) is 26.5. The van der Waals surface area contributed by atoms with Crippen LogP contribution in [0.15, 0.2) is 12.2 Å². The Balaban J connectivity index is 3.06. The van der Waals surface area contributed by atoms with Gasteiger partial charge in [0, 0.05) is 19.3 Å². The zero-order chi connectivity index (χ0) is 20.1. The zero-order valence-electron chi connectivity index (χ0n) is 17.6. The summed E-state index contributed by atoms with van der Waals surface area (Å²) in [5, 5.41) is 0. The van der Waals surface area contributed by atoms with E-state index in [1.807, 2.05) is 0 Å². The van der Waals surface area contributed by atoms with Crippen LogP contribution >= 0.6 is 0 Å². The standard InChI is InChI=1S/C23H43F3O/c1-2-3-18-21-27-22-19-16-14-12-10-8-6-4-5-7-9-11-13-15-17-20-23(24,25)26/h17,20H,2-16,18-19,21-22H2,1H3/b20-17+. The maximum Gasteiger partial charge on any atom is 0.409 e. The van der Waals surface area contributed by atoms with Gasteiger partial charge in [0.1, 0.15) is 0 Å². The van der Waals surface area contributed by atoms with Gasteiger partial charge >= 0.3 is 6.18 Å². The number of hydrogen-bond acceptors (Lipinski definition) is 1. The summed E-state index contributed by atoms with van der Waals surface area (Å²) in [7, 11) is 0. The second-order valence-corrected chi connectivity index (χ2v) is 7.65. The van der Waals surface area contributed by atoms with Crippen molar-refractivity contribution < 1.29 is 17.9 Å². The number of halogens is 3. The van der Waals surface area contributed by atoms with E-state index in [4.69, 9.17) is 4.74 Å². The van der Waals surface area contributed by atoms with Crippen LogP contribution in [0.2, 0.25) is 0 Å². The molecule has 1 nitrogen and oxygen atoms in total. The van der Waals surface area contributed by atoms with Crippen molar-refractivity contribution in [2.45, 2.75) is 122 Å². The molecule has 0 aliphatic carbocycles. The number of allylic oxidation sites excluding steroid dienone is 2. The van der Waals surface area contributed by atoms with Crippen molar-refractivity contribution in [3.05, 3.63) is 12.2 Å². The maximum atomic E-state index is 11.9. The van der Waals surface area contributed by atoms with Gasteiger partial charge in [0.05, 0.1) is 0 Å². The molecule has 0 radical (unpaired) electrons. The third-order valence-corrected chi connectivity index (χ3v) is 4.86. The quantitative estimate of drug-likeness (QED) is 0.149. The summed E-state index contributed by atoms with van der Waals surface area (Å²) in [4.78, 5) is 0. The van der Waals surface area contributed by atoms with Crippen LogP contribution in [0.25, 0.3) is 0 Å². The predicted molar refractivity (Wildman–Crippen MR) is 110 cm³/mol. The Morgan fingerprint density at radius 1 is 0.593 bits per heavy atom. The summed E-state index contributed by atoms with van der Waals surface area (Å²) in [6.07, 6.45) is 17.8. The van der Waals surface area contributed by atoms with Crippen molar-refractivity contribution in [1.82, 2.24) is 0 Å². The highest BCUT2D eigenvalue weighted by Gasteiger charge is 2.21. The van der Waals surface area contributed by atoms with E-state index >= 15 is 0 Å². The highest BCUT2D eigenvalue weighted by Crippen LogP contribution is 2.17. The van der Waals surface area contributed by atoms with Crippen molar-refractivity contribution in [1.29, 1.82) is 0 Å². The Labute approximate surface area is 166 Å². The molecule has 0 rings (SSSR count). The zero-order valence-corrected chi connectivity index (χ0v) is 17.6. The van der Waals surface area contributed by atoms with E-state index in [1.165, 1.54) is 89.5 Å². The Hall–Kier alpha value is -0.510. The molecule has 0 saturated carbocycles. The number of ether oxygens (including phenoxy) is 1. The molecule has 0 aromatic heterocycles. The van der Waals surface area contributed by atoms with Gasteiger partial charge in [0.2, 0.25) is 0 Å². The third kappa shape index (κ3) is 25.5. The number of rotatable bonds is 20. The van der Waals surface area contributed by atoms with Crippen molar-refractivity contribution in [2.75, 3.05) is 13.2 Å². The molecule has 0 aromatic carbocycles. The minimum atomic E-state index is -4.15. The largest absolute Gasteiger partial charge is 0.409 e. The van der Waals surface area contributed by atoms with Crippen LogP contribution in [0.5, 0.6) is 0 Å². The number of alkyl halides is 3. The van der Waals surface area contributed by atoms with E-state index in [0.29, 0.717) is 12.5 Å². The van der Waals surface area contributed by atoms with E-state index < -0.39 is 6.18 Å². The van der Waals surface area contributed by atoms with E-state index in [0.717, 1.165) is 32.5 Å². The molecule has 0 N–H and O–H groups in total. The molecule has 0 aromatic rings. The first-order chi connectivity index (χ1) is 13.1. The van der Waals surface area contributed by atoms with Gasteiger partial charge in [-0.2, -0.15) is 13.2 Å². The second-order valence-electron chi connectivity index (χ2n) is 7.65. The highest BCUT2D eigenvalue weighted by molar-refractivity contribution is 4.88. The lowest BCUT2D eigenvalue weighted by Gasteiger charge is -2.04. The predicted octanol–water partition coefficient (Wildman–Crippen LogP) is 8.77. The number of unbranched alkanes of at least 4 members (excludes halogenated alkanes) is 15. The summed E-state index contributed by atoms with van der Waals surface area (Å²) >= 11 is 0. The summed E-state index contributed by atoms with van der Waals surface area (Å²) in [5.74, 6) is 0. The fourth-order valence-corrected chi connectivity index (χ4v) is 3.18. The molecule has 162 valence electrons. The van der Waals surface area contributed by atoms with Gasteiger partial charge in [-0.3, -0.25) is 0 Å². The highest BCUT2D eigenvalue weighted by atomic mass is 19.4. The lowest BCUT2D eigenvalue weighted by Crippen LogP contribution is -2.00. The lowest BCUT2D eigenvalue weighted by atomic mass is 10.0. The van der Waals surface area contributed by atoms with Crippen LogP contribution in [-0.2, 0) is 4.74 Å². The molecule has 0 spiro atoms. The molecule has 27 heavy (non-hydrogen) atoms. The Morgan fingerprint density at radius 2 is 1.00 bits per heavy atom. The molecule has 0 amide bonds. The van der Waals surface area contributed by atoms with Gasteiger partial charge in [-0.15, -0.1) is 0 Å². The molecule has 0 aliphatic rings. The van der Waals surface area contributed by atoms with Crippen LogP contribution in [0.3, 0.4) is 0 Å². The normalized spacial score (nSPS) is 12.3. The minimum Gasteiger partial charge on any atom is -0.381 e. The minimum absolute atomic E-state index is 0.357. The van der Waals surface area contributed by atoms with Gasteiger partial charge < -0.3 is 4.74 Å². The molecule has 0 unspecified atom stereocenters. The lowest BCUT2D eigenvalue weighted by molar-refractivity contribution is -0.0800. The Morgan fingerprint density at radius 3 is 1.44 bits per heavy atom. The van der Waals surface area contributed by atoms with E-state index in [9.17, 15) is 13.2 Å². The first-order valence-corrected chi connectivity index (χ1v) is 11.4. The van der Waals surface area contributed by atoms with Crippen LogP contribution in [0.1, 0.15) is 116 Å². The Bertz CT molecular complexity index is 313. The average Bonchev–Trinajstić information content (AvgIpc) is 2.62. The van der Waals surface area contributed by atoms with Gasteiger partial charge in [0.15, 0.2) is 0 Å². The van der Waals surface area contributed by atoms with Crippen molar-refractivity contribution in [3.8, 4) is 0 Å². The van der Waals surface area contributed by atoms with Crippen LogP contribution < -0.4 is 0 Å². The summed E-state index contributed by atoms with van der Waals surface area (Å²) in [6.45, 7) is 4.08. The molecule has 0 heterocycles. The molecule has 0 bridgehead atoms. The topological polar surface area (TPSA) is 9.23 Å². The summed E-state index contributed by atoms with van der Waals surface area (Å²) in [5.41, 5.74) is 0. The van der Waals surface area contributed by atoms with Crippen molar-refractivity contribution >= 4 is 0 Å². The summed E-state index contributed by atoms with van der Waals surface area (Å²) in [6, 6.07) is 0. The van der Waals surface area contributed by atoms with Gasteiger partial charge in [-0.1, -0.05) is 96.5 Å². The molecular formula is C23H43F3O. The van der Waals surface area contributed by atoms with E-state index in [1.54, 1.807) is 0 Å². The molecule has 0 aliphatic heterocycles. The molecule has 4 heteroatoms. The fourth-order valence-electron chi connectivity index (χ4n) is 3.18. The van der Waals surface area contributed by atoms with E-state index in [-0.39, 0.29) is 0 Å². The van der Waals surface area contributed by atoms with Crippen molar-refractivity contribution in [2.24, 2.45) is 0 Å². The van der Waals surface area contributed by atoms with Crippen molar-refractivity contribution in [3.63, 3.8) is 0 Å². The molecule has 0 fully saturated rings. The van der Waals surface area contributed by atoms with Gasteiger partial charge in [-0.25, -0.2) is 0 Å². The average molecular weight is 393 g/mol. The SMILES string of the molecule is CCCCCOCCCCCCCCCCCCCCC/C=C/C(F)(F)F. The van der Waals surface area contributed by atoms with E-state index in [2.05, 4.69) is 6.92 Å². The van der Waals surface area contributed by atoms with Gasteiger partial charge in [-0.05, 0) is 25.7 Å². The Kier molecular flexibility index (Phi) is 19.8. The molecular weight excluding hydrogens is 349 g/mol. The first-order valence-electron chi connectivity index (χ1n) is 11.4. The maximum absolute atomic E-state index is 11.9. The smallest absolute Gasteiger partial charge is 0.381 e. The summed E-state index contributed by atoms with van der Waals surface area (Å²) < 4.78 is 41.3. The number of hydrogen-bond donors (Lipinski definition) is 0. The molecule has 0 saturated heterocycles. The monoisotopic (exact) mass is 392 g/mol. The fraction of sp³-hybridized carbons (Fsp3) is 0.913. The molecule has 0 atom stereocenters. The third-order valence-electron chi connectivity index (χ3n) is 4.86. The van der Waals surface area contributed by atoms with Gasteiger partial charge in [0.25, 0.3) is 0 Å². The van der Waals surface area contributed by atoms with Crippen LogP contribution in [-0.4, -0.2) is 19.4 Å². The van der Waals surface area contributed by atoms with Crippen LogP contribution in [0.4, 0.5) is 13.2 Å². The van der Waals surface area contributed by atoms with Crippen LogP contribution in [0, 0.1) is 0 Å². The second kappa shape index (κ2) is 20.2.